The third kappa shape index (κ3) is 6.65. The van der Waals surface area contributed by atoms with E-state index in [2.05, 4.69) is 28.1 Å². The molecule has 1 atom stereocenters. The van der Waals surface area contributed by atoms with E-state index in [9.17, 15) is 13.2 Å². The van der Waals surface area contributed by atoms with E-state index in [-0.39, 0.29) is 71.7 Å². The van der Waals surface area contributed by atoms with Crippen molar-refractivity contribution in [3.63, 3.8) is 0 Å². The second-order valence-corrected chi connectivity index (χ2v) is 10.2. The van der Waals surface area contributed by atoms with Gasteiger partial charge in [-0.1, -0.05) is 36.9 Å². The topological polar surface area (TPSA) is 130 Å². The van der Waals surface area contributed by atoms with Crippen molar-refractivity contribution in [2.24, 2.45) is 0 Å². The van der Waals surface area contributed by atoms with Gasteiger partial charge in [-0.3, -0.25) is 4.79 Å². The van der Waals surface area contributed by atoms with Crippen LogP contribution in [0.3, 0.4) is 0 Å². The molecule has 0 aliphatic carbocycles. The highest BCUT2D eigenvalue weighted by Gasteiger charge is 2.30. The summed E-state index contributed by atoms with van der Waals surface area (Å²) in [6.07, 6.45) is 3.63. The Hall–Kier alpha value is -2.74. The van der Waals surface area contributed by atoms with Crippen molar-refractivity contribution in [3.05, 3.63) is 40.6 Å². The van der Waals surface area contributed by atoms with Gasteiger partial charge in [0.1, 0.15) is 30.8 Å². The van der Waals surface area contributed by atoms with Crippen LogP contribution in [0.4, 0.5) is 0 Å². The van der Waals surface area contributed by atoms with Crippen LogP contribution in [0.1, 0.15) is 9.67 Å². The van der Waals surface area contributed by atoms with Crippen LogP contribution in [0.15, 0.2) is 35.6 Å². The standard InChI is InChI=1S/C20H23ClN4O7S2/c1-4-7-30-18-22-19(31-8-5-2)24-20(23-18)32-11-13-10-25(6-9-29-13)17(26)16-15(21)14(12-33-16)34(3,27)28/h4-5,12-13H,1-2,6-11H2,3H3. The van der Waals surface area contributed by atoms with Crippen LogP contribution >= 0.6 is 22.9 Å². The summed E-state index contributed by atoms with van der Waals surface area (Å²) in [4.78, 5) is 26.7. The fourth-order valence-electron chi connectivity index (χ4n) is 2.82. The minimum absolute atomic E-state index is 0.000605. The molecular formula is C20H23ClN4O7S2. The van der Waals surface area contributed by atoms with Crippen LogP contribution in [-0.4, -0.2) is 86.1 Å². The lowest BCUT2D eigenvalue weighted by molar-refractivity contribution is -0.0414. The van der Waals surface area contributed by atoms with Gasteiger partial charge < -0.3 is 23.8 Å². The maximum atomic E-state index is 12.9. The van der Waals surface area contributed by atoms with Crippen LogP contribution in [0.2, 0.25) is 5.02 Å². The van der Waals surface area contributed by atoms with Gasteiger partial charge in [0.2, 0.25) is 0 Å². The normalized spacial score (nSPS) is 16.1. The lowest BCUT2D eigenvalue weighted by Gasteiger charge is -2.32. The lowest BCUT2D eigenvalue weighted by atomic mass is 10.2. The molecule has 1 unspecified atom stereocenters. The molecule has 14 heteroatoms. The number of amides is 1. The summed E-state index contributed by atoms with van der Waals surface area (Å²) in [5, 5.41) is 1.30. The van der Waals surface area contributed by atoms with E-state index in [0.29, 0.717) is 6.54 Å². The Kier molecular flexibility index (Phi) is 8.83. The highest BCUT2D eigenvalue weighted by atomic mass is 35.5. The van der Waals surface area contributed by atoms with Gasteiger partial charge in [0, 0.05) is 18.2 Å². The molecule has 1 amide bonds. The fourth-order valence-corrected chi connectivity index (χ4v) is 5.69. The first-order valence-electron chi connectivity index (χ1n) is 9.97. The van der Waals surface area contributed by atoms with Crippen molar-refractivity contribution in [1.82, 2.24) is 19.9 Å². The first kappa shape index (κ1) is 25.9. The molecule has 0 radical (unpaired) electrons. The first-order valence-corrected chi connectivity index (χ1v) is 13.1. The molecule has 1 fully saturated rings. The fraction of sp³-hybridized carbons (Fsp3) is 0.400. The summed E-state index contributed by atoms with van der Waals surface area (Å²) in [7, 11) is -3.53. The average Bonchev–Trinajstić information content (AvgIpc) is 3.21. The molecule has 34 heavy (non-hydrogen) atoms. The van der Waals surface area contributed by atoms with E-state index in [1.807, 2.05) is 0 Å². The summed E-state index contributed by atoms with van der Waals surface area (Å²) in [6, 6.07) is -0.0436. The Morgan fingerprint density at radius 1 is 1.21 bits per heavy atom. The third-order valence-electron chi connectivity index (χ3n) is 4.35. The number of hydrogen-bond donors (Lipinski definition) is 0. The van der Waals surface area contributed by atoms with E-state index < -0.39 is 15.9 Å². The third-order valence-corrected chi connectivity index (χ3v) is 7.21. The molecule has 0 spiro atoms. The van der Waals surface area contributed by atoms with Crippen molar-refractivity contribution < 1.29 is 32.2 Å². The van der Waals surface area contributed by atoms with Crippen molar-refractivity contribution in [2.45, 2.75) is 11.0 Å². The Labute approximate surface area is 205 Å². The van der Waals surface area contributed by atoms with Gasteiger partial charge >= 0.3 is 18.0 Å². The summed E-state index contributed by atoms with van der Waals surface area (Å²) in [5.41, 5.74) is 0. The van der Waals surface area contributed by atoms with Gasteiger partial charge in [0.25, 0.3) is 5.91 Å². The van der Waals surface area contributed by atoms with E-state index in [0.717, 1.165) is 17.6 Å². The maximum Gasteiger partial charge on any atom is 0.326 e. The number of carbonyl (C=O) groups excluding carboxylic acids is 1. The number of sulfone groups is 1. The summed E-state index contributed by atoms with van der Waals surface area (Å²) in [5.74, 6) is -0.376. The van der Waals surface area contributed by atoms with Gasteiger partial charge in [-0.2, -0.15) is 0 Å². The molecule has 0 bridgehead atoms. The smallest absolute Gasteiger partial charge is 0.326 e. The van der Waals surface area contributed by atoms with E-state index >= 15 is 0 Å². The Bertz CT molecular complexity index is 1130. The average molecular weight is 531 g/mol. The van der Waals surface area contributed by atoms with Crippen LogP contribution < -0.4 is 14.2 Å². The molecule has 0 N–H and O–H groups in total. The van der Waals surface area contributed by atoms with Crippen LogP contribution in [0.25, 0.3) is 0 Å². The number of ether oxygens (including phenoxy) is 4. The minimum Gasteiger partial charge on any atom is -0.460 e. The SMILES string of the molecule is C=CCOc1nc(OCC=C)nc(OCC2CN(C(=O)c3scc(S(C)(=O)=O)c3Cl)CCO2)n1. The number of nitrogens with zero attached hydrogens (tertiary/aromatic N) is 4. The molecule has 1 aliphatic rings. The van der Waals surface area contributed by atoms with E-state index in [1.54, 1.807) is 0 Å². The molecular weight excluding hydrogens is 508 g/mol. The van der Waals surface area contributed by atoms with Crippen LogP contribution in [0, 0.1) is 0 Å². The van der Waals surface area contributed by atoms with E-state index in [1.165, 1.54) is 22.4 Å². The molecule has 3 heterocycles. The van der Waals surface area contributed by atoms with Crippen molar-refractivity contribution in [3.8, 4) is 18.0 Å². The summed E-state index contributed by atoms with van der Waals surface area (Å²) < 4.78 is 45.7. The molecule has 184 valence electrons. The number of hydrogen-bond acceptors (Lipinski definition) is 11. The molecule has 1 aliphatic heterocycles. The Balaban J connectivity index is 1.66. The molecule has 2 aromatic heterocycles. The Morgan fingerprint density at radius 2 is 1.79 bits per heavy atom. The predicted molar refractivity (Wildman–Crippen MR) is 125 cm³/mol. The number of halogens is 1. The first-order chi connectivity index (χ1) is 16.2. The molecule has 11 nitrogen and oxygen atoms in total. The zero-order chi connectivity index (χ0) is 24.7. The quantitative estimate of drug-likeness (QED) is 0.398. The molecule has 0 aromatic carbocycles. The summed E-state index contributed by atoms with van der Waals surface area (Å²) >= 11 is 7.16. The summed E-state index contributed by atoms with van der Waals surface area (Å²) in [6.45, 7) is 8.32. The molecule has 0 saturated carbocycles. The van der Waals surface area contributed by atoms with Crippen LogP contribution in [-0.2, 0) is 14.6 Å². The van der Waals surface area contributed by atoms with Gasteiger partial charge in [-0.25, -0.2) is 8.42 Å². The number of thiophene rings is 1. The minimum atomic E-state index is -3.53. The monoisotopic (exact) mass is 530 g/mol. The number of aromatic nitrogens is 3. The van der Waals surface area contributed by atoms with Crippen molar-refractivity contribution >= 4 is 38.7 Å². The van der Waals surface area contributed by atoms with Gasteiger partial charge in [0.05, 0.1) is 23.1 Å². The Morgan fingerprint density at radius 3 is 2.32 bits per heavy atom. The largest absolute Gasteiger partial charge is 0.460 e. The lowest BCUT2D eigenvalue weighted by Crippen LogP contribution is -2.47. The molecule has 1 saturated heterocycles. The maximum absolute atomic E-state index is 12.9. The number of rotatable bonds is 11. The molecule has 2 aromatic rings. The number of morpholine rings is 1. The van der Waals surface area contributed by atoms with Gasteiger partial charge in [-0.05, 0) is 0 Å². The zero-order valence-electron chi connectivity index (χ0n) is 18.3. The van der Waals surface area contributed by atoms with Gasteiger partial charge in [-0.15, -0.1) is 26.3 Å². The molecule has 3 rings (SSSR count). The van der Waals surface area contributed by atoms with Crippen molar-refractivity contribution in [1.29, 1.82) is 0 Å². The van der Waals surface area contributed by atoms with Crippen LogP contribution in [0.5, 0.6) is 18.0 Å². The highest BCUT2D eigenvalue weighted by molar-refractivity contribution is 7.91. The van der Waals surface area contributed by atoms with E-state index in [4.69, 9.17) is 30.5 Å². The van der Waals surface area contributed by atoms with Crippen molar-refractivity contribution in [2.75, 3.05) is 45.8 Å². The highest BCUT2D eigenvalue weighted by Crippen LogP contribution is 2.32. The zero-order valence-corrected chi connectivity index (χ0v) is 20.7. The second-order valence-electron chi connectivity index (χ2n) is 6.95. The second kappa shape index (κ2) is 11.6. The number of carbonyl (C=O) groups is 1. The predicted octanol–water partition coefficient (Wildman–Crippen LogP) is 2.04. The van der Waals surface area contributed by atoms with Gasteiger partial charge in [0.15, 0.2) is 9.84 Å².